The van der Waals surface area contributed by atoms with Gasteiger partial charge in [-0.1, -0.05) is 24.3 Å². The minimum atomic E-state index is -1.57. The number of rotatable bonds is 2. The summed E-state index contributed by atoms with van der Waals surface area (Å²) in [7, 11) is 0. The Morgan fingerprint density at radius 2 is 1.58 bits per heavy atom. The highest BCUT2D eigenvalue weighted by Crippen LogP contribution is 2.29. The molecule has 0 bridgehead atoms. The second-order valence-electron chi connectivity index (χ2n) is 4.46. The van der Waals surface area contributed by atoms with Crippen molar-refractivity contribution in [1.82, 2.24) is 0 Å². The Labute approximate surface area is 109 Å². The van der Waals surface area contributed by atoms with Crippen LogP contribution in [0.2, 0.25) is 0 Å². The van der Waals surface area contributed by atoms with Crippen LogP contribution in [0, 0.1) is 31.3 Å². The minimum Gasteiger partial charge on any atom is -0.384 e. The van der Waals surface area contributed by atoms with Crippen molar-refractivity contribution in [3.63, 3.8) is 0 Å². The monoisotopic (exact) mass is 266 g/mol. The molecule has 2 aromatic rings. The summed E-state index contributed by atoms with van der Waals surface area (Å²) in [5, 5.41) is 10.2. The number of hydrogen-bond acceptors (Lipinski definition) is 1. The van der Waals surface area contributed by atoms with Gasteiger partial charge in [-0.25, -0.2) is 13.2 Å². The fourth-order valence-electron chi connectivity index (χ4n) is 1.99. The van der Waals surface area contributed by atoms with Crippen LogP contribution in [0.25, 0.3) is 0 Å². The molecule has 0 saturated carbocycles. The van der Waals surface area contributed by atoms with E-state index in [2.05, 4.69) is 0 Å². The number of aliphatic hydroxyl groups excluding tert-OH is 1. The number of hydrogen-bond donors (Lipinski definition) is 1. The van der Waals surface area contributed by atoms with Crippen LogP contribution >= 0.6 is 0 Å². The molecule has 0 amide bonds. The van der Waals surface area contributed by atoms with E-state index < -0.39 is 23.6 Å². The lowest BCUT2D eigenvalue weighted by Gasteiger charge is -2.16. The average molecular weight is 266 g/mol. The summed E-state index contributed by atoms with van der Waals surface area (Å²) in [5.41, 5.74) is 1.93. The van der Waals surface area contributed by atoms with Crippen LogP contribution in [-0.4, -0.2) is 5.11 Å². The van der Waals surface area contributed by atoms with Gasteiger partial charge in [0, 0.05) is 5.56 Å². The van der Waals surface area contributed by atoms with E-state index in [1.165, 1.54) is 0 Å². The summed E-state index contributed by atoms with van der Waals surface area (Å²) in [5.74, 6) is -4.19. The Morgan fingerprint density at radius 3 is 2.26 bits per heavy atom. The third-order valence-corrected chi connectivity index (χ3v) is 3.30. The molecule has 19 heavy (non-hydrogen) atoms. The molecule has 0 aliphatic carbocycles. The first kappa shape index (κ1) is 13.6. The van der Waals surface area contributed by atoms with E-state index in [0.29, 0.717) is 5.56 Å². The first-order valence-corrected chi connectivity index (χ1v) is 5.81. The maximum Gasteiger partial charge on any atom is 0.194 e. The van der Waals surface area contributed by atoms with Crippen molar-refractivity contribution in [3.05, 3.63) is 70.0 Å². The molecular formula is C15H13F3O. The van der Waals surface area contributed by atoms with Gasteiger partial charge in [0.05, 0.1) is 0 Å². The summed E-state index contributed by atoms with van der Waals surface area (Å²) in [4.78, 5) is 0. The van der Waals surface area contributed by atoms with Crippen LogP contribution in [0.4, 0.5) is 13.2 Å². The number of halogens is 3. The molecule has 0 heterocycles. The maximum absolute atomic E-state index is 13.7. The van der Waals surface area contributed by atoms with Crippen molar-refractivity contribution in [2.24, 2.45) is 0 Å². The highest BCUT2D eigenvalue weighted by Gasteiger charge is 2.21. The van der Waals surface area contributed by atoms with Gasteiger partial charge < -0.3 is 5.11 Å². The van der Waals surface area contributed by atoms with E-state index in [9.17, 15) is 18.3 Å². The molecule has 100 valence electrons. The lowest BCUT2D eigenvalue weighted by Crippen LogP contribution is -2.07. The fraction of sp³-hybridized carbons (Fsp3) is 0.200. The van der Waals surface area contributed by atoms with Crippen molar-refractivity contribution in [2.45, 2.75) is 20.0 Å². The Hall–Kier alpha value is -1.81. The second kappa shape index (κ2) is 5.05. The second-order valence-corrected chi connectivity index (χ2v) is 4.46. The molecule has 1 unspecified atom stereocenters. The molecule has 0 radical (unpaired) electrons. The number of benzene rings is 2. The number of aryl methyl sites for hydroxylation is 1. The van der Waals surface area contributed by atoms with Gasteiger partial charge in [0.25, 0.3) is 0 Å². The van der Waals surface area contributed by atoms with Gasteiger partial charge in [-0.15, -0.1) is 0 Å². The lowest BCUT2D eigenvalue weighted by molar-refractivity contribution is 0.212. The van der Waals surface area contributed by atoms with Gasteiger partial charge in [-0.3, -0.25) is 0 Å². The van der Waals surface area contributed by atoms with E-state index in [1.54, 1.807) is 19.1 Å². The van der Waals surface area contributed by atoms with E-state index in [4.69, 9.17) is 0 Å². The van der Waals surface area contributed by atoms with E-state index in [0.717, 1.165) is 23.3 Å². The molecule has 2 rings (SSSR count). The topological polar surface area (TPSA) is 20.2 Å². The molecule has 1 nitrogen and oxygen atoms in total. The zero-order valence-electron chi connectivity index (χ0n) is 10.5. The minimum absolute atomic E-state index is 0.271. The molecule has 0 spiro atoms. The normalized spacial score (nSPS) is 12.5. The smallest absolute Gasteiger partial charge is 0.194 e. The van der Waals surface area contributed by atoms with Gasteiger partial charge in [-0.05, 0) is 36.6 Å². The predicted molar refractivity (Wildman–Crippen MR) is 66.3 cm³/mol. The molecule has 1 atom stereocenters. The fourth-order valence-corrected chi connectivity index (χ4v) is 1.99. The Balaban J connectivity index is 2.53. The van der Waals surface area contributed by atoms with Gasteiger partial charge in [-0.2, -0.15) is 0 Å². The molecule has 0 fully saturated rings. The molecule has 1 N–H and O–H groups in total. The van der Waals surface area contributed by atoms with Crippen LogP contribution in [0.1, 0.15) is 28.4 Å². The summed E-state index contributed by atoms with van der Waals surface area (Å²) in [6, 6.07) is 7.07. The van der Waals surface area contributed by atoms with Gasteiger partial charge in [0.2, 0.25) is 0 Å². The van der Waals surface area contributed by atoms with Gasteiger partial charge in [0.1, 0.15) is 6.10 Å². The summed E-state index contributed by atoms with van der Waals surface area (Å²) >= 11 is 0. The summed E-state index contributed by atoms with van der Waals surface area (Å²) in [6.45, 7) is 3.64. The molecule has 0 aliphatic rings. The van der Waals surface area contributed by atoms with Gasteiger partial charge >= 0.3 is 0 Å². The quantitative estimate of drug-likeness (QED) is 0.820. The largest absolute Gasteiger partial charge is 0.384 e. The van der Waals surface area contributed by atoms with Crippen LogP contribution in [0.3, 0.4) is 0 Å². The molecule has 4 heteroatoms. The average Bonchev–Trinajstić information content (AvgIpc) is 2.39. The molecular weight excluding hydrogens is 253 g/mol. The van der Waals surface area contributed by atoms with Crippen LogP contribution in [-0.2, 0) is 0 Å². The highest BCUT2D eigenvalue weighted by molar-refractivity contribution is 5.39. The van der Waals surface area contributed by atoms with E-state index in [1.807, 2.05) is 13.0 Å². The third kappa shape index (κ3) is 2.36. The van der Waals surface area contributed by atoms with Crippen molar-refractivity contribution in [1.29, 1.82) is 0 Å². The van der Waals surface area contributed by atoms with E-state index in [-0.39, 0.29) is 5.56 Å². The Kier molecular flexibility index (Phi) is 3.62. The van der Waals surface area contributed by atoms with Gasteiger partial charge in [0.15, 0.2) is 17.5 Å². The van der Waals surface area contributed by atoms with Crippen molar-refractivity contribution >= 4 is 0 Å². The number of aliphatic hydroxyl groups is 1. The standard InChI is InChI=1S/C15H13F3O/c1-8-4-3-5-10(9(8)2)15(19)11-6-7-12(16)14(18)13(11)17/h3-7,15,19H,1-2H3. The Bertz CT molecular complexity index is 623. The van der Waals surface area contributed by atoms with Crippen LogP contribution in [0.15, 0.2) is 30.3 Å². The molecule has 0 aromatic heterocycles. The van der Waals surface area contributed by atoms with Crippen molar-refractivity contribution in [2.75, 3.05) is 0 Å². The summed E-state index contributed by atoms with van der Waals surface area (Å²) in [6.07, 6.45) is -1.32. The molecule has 0 aliphatic heterocycles. The van der Waals surface area contributed by atoms with Crippen LogP contribution in [0.5, 0.6) is 0 Å². The highest BCUT2D eigenvalue weighted by atomic mass is 19.2. The van der Waals surface area contributed by atoms with Crippen molar-refractivity contribution < 1.29 is 18.3 Å². The lowest BCUT2D eigenvalue weighted by atomic mass is 9.94. The zero-order valence-corrected chi connectivity index (χ0v) is 10.5. The van der Waals surface area contributed by atoms with Crippen LogP contribution < -0.4 is 0 Å². The third-order valence-electron chi connectivity index (χ3n) is 3.30. The predicted octanol–water partition coefficient (Wildman–Crippen LogP) is 3.80. The molecule has 2 aromatic carbocycles. The first-order valence-electron chi connectivity index (χ1n) is 5.81. The maximum atomic E-state index is 13.7. The molecule has 0 saturated heterocycles. The zero-order chi connectivity index (χ0) is 14.2. The van der Waals surface area contributed by atoms with E-state index >= 15 is 0 Å². The SMILES string of the molecule is Cc1cccc(C(O)c2ccc(F)c(F)c2F)c1C. The van der Waals surface area contributed by atoms with Crippen molar-refractivity contribution in [3.8, 4) is 0 Å². The summed E-state index contributed by atoms with van der Waals surface area (Å²) < 4.78 is 39.7. The Morgan fingerprint density at radius 1 is 0.895 bits per heavy atom. The first-order chi connectivity index (χ1) is 8.93.